The van der Waals surface area contributed by atoms with E-state index in [1.807, 2.05) is 0 Å². The van der Waals surface area contributed by atoms with Crippen molar-refractivity contribution in [3.8, 4) is 0 Å². The van der Waals surface area contributed by atoms with Crippen LogP contribution in [0.3, 0.4) is 0 Å². The molecule has 0 aliphatic heterocycles. The first kappa shape index (κ1) is 16.3. The normalized spacial score (nSPS) is 10.5. The third kappa shape index (κ3) is 13.2. The molecule has 0 aromatic carbocycles. The fourth-order valence-corrected chi connectivity index (χ4v) is 0.997. The van der Waals surface area contributed by atoms with Crippen LogP contribution in [0.25, 0.3) is 0 Å². The van der Waals surface area contributed by atoms with Crippen molar-refractivity contribution in [2.75, 3.05) is 53.3 Å². The van der Waals surface area contributed by atoms with E-state index in [0.717, 1.165) is 0 Å². The van der Waals surface area contributed by atoms with E-state index < -0.39 is 0 Å². The number of carbonyl (C=O) groups is 1. The smallest absolute Gasteiger partial charge is 0.305 e. The molecule has 0 saturated carbocycles. The van der Waals surface area contributed by atoms with Gasteiger partial charge in [-0.2, -0.15) is 0 Å². The zero-order valence-electron chi connectivity index (χ0n) is 10.5. The Morgan fingerprint density at radius 1 is 1.00 bits per heavy atom. The van der Waals surface area contributed by atoms with Gasteiger partial charge in [-0.3, -0.25) is 4.79 Å². The lowest BCUT2D eigenvalue weighted by atomic mass is 10.3. The Bertz CT molecular complexity index is 177. The monoisotopic (exact) mass is 249 g/mol. The molecule has 0 heterocycles. The summed E-state index contributed by atoms with van der Waals surface area (Å²) in [5, 5.41) is 0. The second-order valence-electron chi connectivity index (χ2n) is 3.33. The van der Waals surface area contributed by atoms with Crippen LogP contribution in [0.4, 0.5) is 0 Å². The largest absolute Gasteiger partial charge is 0.463 e. The van der Waals surface area contributed by atoms with E-state index in [2.05, 4.69) is 0 Å². The summed E-state index contributed by atoms with van der Waals surface area (Å²) in [6.45, 7) is 3.33. The van der Waals surface area contributed by atoms with Gasteiger partial charge in [-0.25, -0.2) is 0 Å². The predicted octanol–water partition coefficient (Wildman–Crippen LogP) is -0.0519. The first-order valence-corrected chi connectivity index (χ1v) is 5.81. The van der Waals surface area contributed by atoms with Gasteiger partial charge in [0.2, 0.25) is 0 Å². The van der Waals surface area contributed by atoms with Crippen LogP contribution in [0.15, 0.2) is 0 Å². The lowest BCUT2D eigenvalue weighted by Gasteiger charge is -2.06. The molecular weight excluding hydrogens is 226 g/mol. The average molecular weight is 249 g/mol. The van der Waals surface area contributed by atoms with Crippen LogP contribution in [-0.4, -0.2) is 59.3 Å². The maximum atomic E-state index is 11.0. The fourth-order valence-electron chi connectivity index (χ4n) is 0.997. The molecule has 17 heavy (non-hydrogen) atoms. The maximum absolute atomic E-state index is 11.0. The van der Waals surface area contributed by atoms with Crippen molar-refractivity contribution < 1.29 is 23.7 Å². The van der Waals surface area contributed by atoms with E-state index in [1.54, 1.807) is 7.11 Å². The molecule has 0 aromatic heterocycles. The molecule has 6 heteroatoms. The second-order valence-corrected chi connectivity index (χ2v) is 3.33. The number of ether oxygens (including phenoxy) is 4. The first-order valence-electron chi connectivity index (χ1n) is 5.81. The quantitative estimate of drug-likeness (QED) is 0.386. The zero-order valence-corrected chi connectivity index (χ0v) is 10.5. The molecule has 0 rings (SSSR count). The molecule has 0 spiro atoms. The Kier molecular flexibility index (Phi) is 12.8. The molecule has 6 nitrogen and oxygen atoms in total. The van der Waals surface area contributed by atoms with Gasteiger partial charge in [0.25, 0.3) is 0 Å². The van der Waals surface area contributed by atoms with Crippen LogP contribution in [0.2, 0.25) is 0 Å². The highest BCUT2D eigenvalue weighted by molar-refractivity contribution is 5.69. The number of carbonyl (C=O) groups excluding carboxylic acids is 1. The zero-order chi connectivity index (χ0) is 12.8. The predicted molar refractivity (Wildman–Crippen MR) is 62.8 cm³/mol. The molecule has 0 saturated heterocycles. The topological polar surface area (TPSA) is 80.0 Å². The van der Waals surface area contributed by atoms with Crippen molar-refractivity contribution in [1.29, 1.82) is 0 Å². The Morgan fingerprint density at radius 3 is 2.18 bits per heavy atom. The average Bonchev–Trinajstić information content (AvgIpc) is 2.34. The summed E-state index contributed by atoms with van der Waals surface area (Å²) in [6.07, 6.45) is 1.03. The lowest BCUT2D eigenvalue weighted by molar-refractivity contribution is -0.145. The Hall–Kier alpha value is -0.690. The number of esters is 1. The van der Waals surface area contributed by atoms with Crippen molar-refractivity contribution in [2.45, 2.75) is 12.8 Å². The minimum atomic E-state index is -0.226. The molecule has 0 amide bonds. The van der Waals surface area contributed by atoms with Gasteiger partial charge in [-0.05, 0) is 13.0 Å². The highest BCUT2D eigenvalue weighted by Gasteiger charge is 2.00. The summed E-state index contributed by atoms with van der Waals surface area (Å²) >= 11 is 0. The van der Waals surface area contributed by atoms with Crippen LogP contribution >= 0.6 is 0 Å². The molecule has 0 unspecified atom stereocenters. The summed E-state index contributed by atoms with van der Waals surface area (Å²) < 4.78 is 20.1. The summed E-state index contributed by atoms with van der Waals surface area (Å²) in [7, 11) is 1.62. The van der Waals surface area contributed by atoms with E-state index in [4.69, 9.17) is 24.7 Å². The molecule has 0 aliphatic carbocycles. The Labute approximate surface area is 102 Å². The third-order valence-electron chi connectivity index (χ3n) is 1.88. The van der Waals surface area contributed by atoms with E-state index in [0.29, 0.717) is 52.4 Å². The summed E-state index contributed by atoms with van der Waals surface area (Å²) in [5.74, 6) is -0.226. The van der Waals surface area contributed by atoms with Crippen molar-refractivity contribution >= 4 is 5.97 Å². The number of nitrogens with two attached hydrogens (primary N) is 1. The number of hydrogen-bond acceptors (Lipinski definition) is 6. The molecule has 0 fully saturated rings. The van der Waals surface area contributed by atoms with Gasteiger partial charge in [0.05, 0.1) is 33.0 Å². The van der Waals surface area contributed by atoms with Crippen LogP contribution in [-0.2, 0) is 23.7 Å². The van der Waals surface area contributed by atoms with Gasteiger partial charge < -0.3 is 24.7 Å². The van der Waals surface area contributed by atoms with Crippen molar-refractivity contribution in [1.82, 2.24) is 0 Å². The fraction of sp³-hybridized carbons (Fsp3) is 0.909. The van der Waals surface area contributed by atoms with E-state index >= 15 is 0 Å². The molecule has 0 aromatic rings. The van der Waals surface area contributed by atoms with Gasteiger partial charge >= 0.3 is 5.97 Å². The van der Waals surface area contributed by atoms with E-state index in [1.165, 1.54) is 0 Å². The molecule has 0 radical (unpaired) electrons. The van der Waals surface area contributed by atoms with Crippen LogP contribution in [0.1, 0.15) is 12.8 Å². The van der Waals surface area contributed by atoms with Crippen LogP contribution in [0.5, 0.6) is 0 Å². The minimum absolute atomic E-state index is 0.226. The first-order chi connectivity index (χ1) is 8.31. The highest BCUT2D eigenvalue weighted by Crippen LogP contribution is 1.90. The lowest BCUT2D eigenvalue weighted by Crippen LogP contribution is -2.14. The van der Waals surface area contributed by atoms with Gasteiger partial charge in [-0.15, -0.1) is 0 Å². The molecule has 102 valence electrons. The SMILES string of the molecule is COCCOCCOCCOC(=O)CCCN. The highest BCUT2D eigenvalue weighted by atomic mass is 16.6. The third-order valence-corrected chi connectivity index (χ3v) is 1.88. The molecular formula is C11H23NO5. The molecule has 0 aliphatic rings. The molecule has 0 atom stereocenters. The summed E-state index contributed by atoms with van der Waals surface area (Å²) in [4.78, 5) is 11.0. The van der Waals surface area contributed by atoms with E-state index in [-0.39, 0.29) is 12.6 Å². The van der Waals surface area contributed by atoms with Crippen molar-refractivity contribution in [3.05, 3.63) is 0 Å². The standard InChI is InChI=1S/C11H23NO5/c1-14-5-6-15-7-8-16-9-10-17-11(13)3-2-4-12/h2-10,12H2,1H3. The van der Waals surface area contributed by atoms with Crippen molar-refractivity contribution in [3.63, 3.8) is 0 Å². The molecule has 0 bridgehead atoms. The second kappa shape index (κ2) is 13.4. The molecule has 2 N–H and O–H groups in total. The Morgan fingerprint density at radius 2 is 1.59 bits per heavy atom. The van der Waals surface area contributed by atoms with Gasteiger partial charge in [0.1, 0.15) is 6.61 Å². The number of hydrogen-bond donors (Lipinski definition) is 1. The van der Waals surface area contributed by atoms with Gasteiger partial charge in [0, 0.05) is 13.5 Å². The minimum Gasteiger partial charge on any atom is -0.463 e. The van der Waals surface area contributed by atoms with Gasteiger partial charge in [-0.1, -0.05) is 0 Å². The van der Waals surface area contributed by atoms with Gasteiger partial charge in [0.15, 0.2) is 0 Å². The van der Waals surface area contributed by atoms with Crippen LogP contribution < -0.4 is 5.73 Å². The summed E-state index contributed by atoms with van der Waals surface area (Å²) in [6, 6.07) is 0. The number of rotatable bonds is 12. The van der Waals surface area contributed by atoms with Crippen LogP contribution in [0, 0.1) is 0 Å². The van der Waals surface area contributed by atoms with Crippen molar-refractivity contribution in [2.24, 2.45) is 5.73 Å². The van der Waals surface area contributed by atoms with E-state index in [9.17, 15) is 4.79 Å². The number of methoxy groups -OCH3 is 1. The summed E-state index contributed by atoms with van der Waals surface area (Å²) in [5.41, 5.74) is 5.27. The maximum Gasteiger partial charge on any atom is 0.305 e. The Balaban J connectivity index is 3.05.